The molecule has 0 saturated heterocycles. The van der Waals surface area contributed by atoms with Crippen LogP contribution in [0.1, 0.15) is 25.0 Å². The van der Waals surface area contributed by atoms with Gasteiger partial charge in [0.25, 0.3) is 0 Å². The van der Waals surface area contributed by atoms with Crippen LogP contribution in [0.4, 0.5) is 0 Å². The van der Waals surface area contributed by atoms with Crippen molar-refractivity contribution in [3.8, 4) is 62.2 Å². The average molecular weight is 707 g/mol. The van der Waals surface area contributed by atoms with Gasteiger partial charge in [0.1, 0.15) is 5.52 Å². The first-order valence-corrected chi connectivity index (χ1v) is 18.7. The van der Waals surface area contributed by atoms with Crippen LogP contribution in [-0.2, 0) is 5.41 Å². The molecule has 5 heteroatoms. The van der Waals surface area contributed by atoms with Crippen molar-refractivity contribution in [2.24, 2.45) is 0 Å². The second-order valence-electron chi connectivity index (χ2n) is 14.9. The highest BCUT2D eigenvalue weighted by molar-refractivity contribution is 6.18. The lowest BCUT2D eigenvalue weighted by Gasteiger charge is -2.21. The fourth-order valence-electron chi connectivity index (χ4n) is 8.50. The van der Waals surface area contributed by atoms with E-state index in [0.717, 1.165) is 66.8 Å². The maximum atomic E-state index is 6.71. The third-order valence-corrected chi connectivity index (χ3v) is 11.3. The zero-order valence-corrected chi connectivity index (χ0v) is 30.4. The van der Waals surface area contributed by atoms with Gasteiger partial charge >= 0.3 is 0 Å². The maximum absolute atomic E-state index is 6.71. The van der Waals surface area contributed by atoms with Crippen molar-refractivity contribution in [3.05, 3.63) is 181 Å². The van der Waals surface area contributed by atoms with Crippen molar-refractivity contribution < 1.29 is 4.42 Å². The van der Waals surface area contributed by atoms with Gasteiger partial charge in [0.2, 0.25) is 5.89 Å². The molecule has 1 aliphatic rings. The highest BCUT2D eigenvalue weighted by Gasteiger charge is 2.36. The van der Waals surface area contributed by atoms with Gasteiger partial charge in [0, 0.05) is 44.1 Å². The van der Waals surface area contributed by atoms with Crippen molar-refractivity contribution >= 4 is 32.9 Å². The third-order valence-electron chi connectivity index (χ3n) is 11.3. The van der Waals surface area contributed by atoms with E-state index < -0.39 is 0 Å². The molecular formula is C50H34N4O. The maximum Gasteiger partial charge on any atom is 0.227 e. The van der Waals surface area contributed by atoms with Crippen molar-refractivity contribution in [1.29, 1.82) is 0 Å². The van der Waals surface area contributed by atoms with E-state index >= 15 is 0 Å². The number of fused-ring (bicyclic) bond motifs is 8. The zero-order valence-electron chi connectivity index (χ0n) is 30.4. The summed E-state index contributed by atoms with van der Waals surface area (Å²) in [5.74, 6) is 1.31. The van der Waals surface area contributed by atoms with Crippen molar-refractivity contribution in [1.82, 2.24) is 19.5 Å². The molecule has 0 aliphatic heterocycles. The summed E-state index contributed by atoms with van der Waals surface area (Å²) in [6.45, 7) is 4.67. The lowest BCUT2D eigenvalue weighted by Crippen LogP contribution is -2.14. The van der Waals surface area contributed by atoms with Gasteiger partial charge in [0.15, 0.2) is 11.4 Å². The minimum atomic E-state index is -0.146. The first-order chi connectivity index (χ1) is 27.0. The van der Waals surface area contributed by atoms with Gasteiger partial charge in [0.05, 0.1) is 22.4 Å². The largest absolute Gasteiger partial charge is 0.434 e. The molecule has 11 rings (SSSR count). The van der Waals surface area contributed by atoms with Crippen LogP contribution in [0.5, 0.6) is 0 Å². The van der Waals surface area contributed by atoms with Gasteiger partial charge in [-0.25, -0.2) is 15.0 Å². The van der Waals surface area contributed by atoms with E-state index in [1.165, 1.54) is 27.6 Å². The Balaban J connectivity index is 1.13. The zero-order chi connectivity index (χ0) is 36.7. The van der Waals surface area contributed by atoms with Crippen molar-refractivity contribution in [2.75, 3.05) is 0 Å². The SMILES string of the molecule is CC1(C)c2ccccc2-c2cc3c4ccc5nc(-c6ccccc6)oc5c4n(-c4ccc(-c5cc(-c6ccccc6)nc(-c6ccccc6)n5)cc4)c3cc21. The van der Waals surface area contributed by atoms with Crippen LogP contribution in [0.25, 0.3) is 95.1 Å². The quantitative estimate of drug-likeness (QED) is 0.179. The summed E-state index contributed by atoms with van der Waals surface area (Å²) in [7, 11) is 0. The van der Waals surface area contributed by atoms with E-state index in [1.54, 1.807) is 0 Å². The molecule has 3 heterocycles. The number of hydrogen-bond donors (Lipinski definition) is 0. The van der Waals surface area contributed by atoms with E-state index in [4.69, 9.17) is 19.4 Å². The first kappa shape index (κ1) is 31.4. The van der Waals surface area contributed by atoms with E-state index in [-0.39, 0.29) is 5.41 Å². The number of aromatic nitrogens is 4. The fraction of sp³-hybridized carbons (Fsp3) is 0.0600. The summed E-state index contributed by atoms with van der Waals surface area (Å²) in [5.41, 5.74) is 15.6. The Morgan fingerprint density at radius 3 is 1.82 bits per heavy atom. The molecule has 0 saturated carbocycles. The molecule has 0 atom stereocenters. The molecule has 0 amide bonds. The van der Waals surface area contributed by atoms with Crippen LogP contribution >= 0.6 is 0 Å². The molecule has 10 aromatic rings. The van der Waals surface area contributed by atoms with Gasteiger partial charge in [-0.3, -0.25) is 0 Å². The highest BCUT2D eigenvalue weighted by Crippen LogP contribution is 2.51. The summed E-state index contributed by atoms with van der Waals surface area (Å²) < 4.78 is 9.07. The highest BCUT2D eigenvalue weighted by atomic mass is 16.3. The Kier molecular flexibility index (Phi) is 6.83. The Labute approximate surface area is 318 Å². The Morgan fingerprint density at radius 1 is 0.491 bits per heavy atom. The molecule has 3 aromatic heterocycles. The molecule has 0 bridgehead atoms. The molecular weight excluding hydrogens is 673 g/mol. The fourth-order valence-corrected chi connectivity index (χ4v) is 8.50. The predicted octanol–water partition coefficient (Wildman–Crippen LogP) is 12.7. The number of hydrogen-bond acceptors (Lipinski definition) is 4. The molecule has 0 spiro atoms. The van der Waals surface area contributed by atoms with Crippen molar-refractivity contribution in [3.63, 3.8) is 0 Å². The van der Waals surface area contributed by atoms with Crippen molar-refractivity contribution in [2.45, 2.75) is 19.3 Å². The average Bonchev–Trinajstić information content (AvgIpc) is 3.90. The monoisotopic (exact) mass is 706 g/mol. The molecule has 0 N–H and O–H groups in total. The summed E-state index contributed by atoms with van der Waals surface area (Å²) in [6, 6.07) is 59.3. The first-order valence-electron chi connectivity index (χ1n) is 18.7. The molecule has 0 radical (unpaired) electrons. The number of benzene rings is 7. The van der Waals surface area contributed by atoms with Gasteiger partial charge in [-0.2, -0.15) is 0 Å². The molecule has 7 aromatic carbocycles. The predicted molar refractivity (Wildman–Crippen MR) is 223 cm³/mol. The van der Waals surface area contributed by atoms with Crippen LogP contribution in [-0.4, -0.2) is 19.5 Å². The molecule has 0 fully saturated rings. The molecule has 1 aliphatic carbocycles. The number of rotatable bonds is 5. The normalized spacial score (nSPS) is 13.1. The van der Waals surface area contributed by atoms with Crippen LogP contribution in [0, 0.1) is 0 Å². The Hall–Kier alpha value is -7.11. The Bertz CT molecular complexity index is 3030. The van der Waals surface area contributed by atoms with Gasteiger partial charge in [-0.05, 0) is 76.9 Å². The minimum absolute atomic E-state index is 0.146. The molecule has 55 heavy (non-hydrogen) atoms. The molecule has 260 valence electrons. The van der Waals surface area contributed by atoms with Gasteiger partial charge in [-0.15, -0.1) is 0 Å². The lowest BCUT2D eigenvalue weighted by molar-refractivity contribution is 0.621. The minimum Gasteiger partial charge on any atom is -0.434 e. The summed E-state index contributed by atoms with van der Waals surface area (Å²) in [4.78, 5) is 15.1. The third kappa shape index (κ3) is 4.90. The smallest absolute Gasteiger partial charge is 0.227 e. The lowest BCUT2D eigenvalue weighted by atomic mass is 9.82. The van der Waals surface area contributed by atoms with Crippen LogP contribution < -0.4 is 0 Å². The Morgan fingerprint density at radius 2 is 1.11 bits per heavy atom. The van der Waals surface area contributed by atoms with E-state index in [2.05, 4.69) is 122 Å². The number of nitrogens with zero attached hydrogens (tertiary/aromatic N) is 4. The van der Waals surface area contributed by atoms with Gasteiger partial charge < -0.3 is 8.98 Å². The summed E-state index contributed by atoms with van der Waals surface area (Å²) in [6.07, 6.45) is 0. The van der Waals surface area contributed by atoms with Crippen LogP contribution in [0.15, 0.2) is 174 Å². The molecule has 0 unspecified atom stereocenters. The van der Waals surface area contributed by atoms with E-state index in [9.17, 15) is 0 Å². The second-order valence-corrected chi connectivity index (χ2v) is 14.9. The van der Waals surface area contributed by atoms with E-state index in [1.807, 2.05) is 66.7 Å². The second kappa shape index (κ2) is 12.0. The van der Waals surface area contributed by atoms with E-state index in [0.29, 0.717) is 11.7 Å². The van der Waals surface area contributed by atoms with Crippen LogP contribution in [0.2, 0.25) is 0 Å². The number of oxazole rings is 1. The topological polar surface area (TPSA) is 56.7 Å². The standard InChI is InChI=1S/C50H34N4O/c1-50(2)40-21-13-12-20-36(40)38-28-39-37-26-27-42-47(55-49(53-42)34-18-10-5-11-19-34)46(37)54(45(39)29-41(38)50)35-24-22-32(23-25-35)44-30-43(31-14-6-3-7-15-31)51-48(52-44)33-16-8-4-9-17-33/h3-30H,1-2H3. The summed E-state index contributed by atoms with van der Waals surface area (Å²) >= 11 is 0. The van der Waals surface area contributed by atoms with Crippen LogP contribution in [0.3, 0.4) is 0 Å². The van der Waals surface area contributed by atoms with Gasteiger partial charge in [-0.1, -0.05) is 129 Å². The summed E-state index contributed by atoms with van der Waals surface area (Å²) in [5, 5.41) is 2.31. The molecule has 5 nitrogen and oxygen atoms in total.